The van der Waals surface area contributed by atoms with Gasteiger partial charge in [-0.05, 0) is 103 Å². The van der Waals surface area contributed by atoms with Crippen LogP contribution < -0.4 is 5.32 Å². The molecule has 0 spiro atoms. The van der Waals surface area contributed by atoms with E-state index in [1.807, 2.05) is 0 Å². The summed E-state index contributed by atoms with van der Waals surface area (Å²) < 4.78 is 2.51. The number of benzene rings is 11. The maximum atomic E-state index is 5.49. The Morgan fingerprint density at radius 1 is 0.354 bits per heavy atom. The molecular weight excluding hydrogens is 787 g/mol. The molecule has 1 aromatic heterocycles. The summed E-state index contributed by atoms with van der Waals surface area (Å²) >= 11 is 0. The summed E-state index contributed by atoms with van der Waals surface area (Å²) in [6.07, 6.45) is 0. The van der Waals surface area contributed by atoms with Gasteiger partial charge < -0.3 is 9.88 Å². The number of hydrogen-bond acceptors (Lipinski definition) is 1. The van der Waals surface area contributed by atoms with Crippen LogP contribution >= 0.6 is 0 Å². The molecular formula is C62H42N3+. The number of para-hydroxylation sites is 2. The zero-order valence-corrected chi connectivity index (χ0v) is 35.6. The van der Waals surface area contributed by atoms with Crippen LogP contribution in [-0.4, -0.2) is 10.3 Å². The number of nitrogens with zero attached hydrogens (tertiary/aromatic N) is 2. The van der Waals surface area contributed by atoms with E-state index in [1.54, 1.807) is 0 Å². The Hall–Kier alpha value is -8.37. The first-order chi connectivity index (χ1) is 32.2. The summed E-state index contributed by atoms with van der Waals surface area (Å²) in [6.45, 7) is 0. The molecule has 0 bridgehead atoms. The Labute approximate surface area is 377 Å². The fourth-order valence-corrected chi connectivity index (χ4v) is 10.5. The number of rotatable bonds is 6. The Balaban J connectivity index is 0.991. The van der Waals surface area contributed by atoms with Crippen molar-refractivity contribution in [3.63, 3.8) is 0 Å². The van der Waals surface area contributed by atoms with Crippen LogP contribution in [0.3, 0.4) is 0 Å². The molecule has 1 aliphatic rings. The van der Waals surface area contributed by atoms with Gasteiger partial charge in [0.25, 0.3) is 0 Å². The molecule has 1 aliphatic heterocycles. The largest absolute Gasteiger partial charge is 0.309 e. The van der Waals surface area contributed by atoms with Gasteiger partial charge in [-0.25, -0.2) is 4.99 Å². The molecule has 0 radical (unpaired) electrons. The zero-order chi connectivity index (χ0) is 42.8. The van der Waals surface area contributed by atoms with E-state index in [2.05, 4.69) is 246 Å². The minimum Gasteiger partial charge on any atom is -0.309 e. The van der Waals surface area contributed by atoms with Crippen molar-refractivity contribution >= 4 is 71.2 Å². The second kappa shape index (κ2) is 15.2. The van der Waals surface area contributed by atoms with Gasteiger partial charge in [0.2, 0.25) is 0 Å². The second-order valence-corrected chi connectivity index (χ2v) is 17.2. The molecule has 2 heterocycles. The van der Waals surface area contributed by atoms with Gasteiger partial charge in [0, 0.05) is 33.4 Å². The molecule has 0 fully saturated rings. The van der Waals surface area contributed by atoms with Gasteiger partial charge in [-0.2, -0.15) is 0 Å². The van der Waals surface area contributed by atoms with Crippen molar-refractivity contribution in [2.45, 2.75) is 6.04 Å². The van der Waals surface area contributed by atoms with Gasteiger partial charge in [0.05, 0.1) is 16.7 Å². The van der Waals surface area contributed by atoms with Crippen LogP contribution in [0.2, 0.25) is 0 Å². The minimum atomic E-state index is -0.0815. The van der Waals surface area contributed by atoms with E-state index in [4.69, 9.17) is 4.99 Å². The Bertz CT molecular complexity index is 3840. The van der Waals surface area contributed by atoms with Gasteiger partial charge in [-0.15, -0.1) is 0 Å². The van der Waals surface area contributed by atoms with Gasteiger partial charge in [-0.3, -0.25) is 0 Å². The zero-order valence-electron chi connectivity index (χ0n) is 35.6. The monoisotopic (exact) mass is 828 g/mol. The molecule has 3 heteroatoms. The standard InChI is InChI=1S/C62H41N3/c1-3-14-40(15-4-1)42-26-28-43(29-27-42)46-19-13-20-48(38-46)61-62(64-55-25-12-11-24-54(55)63-61)52-34-37-56(51-23-10-9-22-50(51)52)65-57-35-32-44-18-7-8-21-49(44)59(57)60-53-39-47(41-16-5-2-6-17-41)31-30-45(53)33-36-58(60)65/h1-39,62,64H/p+1. The van der Waals surface area contributed by atoms with E-state index in [0.29, 0.717) is 0 Å². The third kappa shape index (κ3) is 6.20. The lowest BCUT2D eigenvalue weighted by Crippen LogP contribution is -2.82. The number of fused-ring (bicyclic) bond motifs is 9. The summed E-state index contributed by atoms with van der Waals surface area (Å²) in [6, 6.07) is 86.3. The predicted molar refractivity (Wildman–Crippen MR) is 273 cm³/mol. The van der Waals surface area contributed by atoms with Crippen molar-refractivity contribution in [1.82, 2.24) is 4.57 Å². The highest BCUT2D eigenvalue weighted by atomic mass is 15.0. The number of quaternary nitrogens is 1. The number of hydrogen-bond donors (Lipinski definition) is 1. The minimum absolute atomic E-state index is 0.0815. The van der Waals surface area contributed by atoms with Crippen molar-refractivity contribution < 1.29 is 5.32 Å². The molecule has 1 atom stereocenters. The van der Waals surface area contributed by atoms with Crippen LogP contribution in [0.4, 0.5) is 11.4 Å². The van der Waals surface area contributed by atoms with Crippen molar-refractivity contribution in [1.29, 1.82) is 0 Å². The highest BCUT2D eigenvalue weighted by Gasteiger charge is 2.32. The van der Waals surface area contributed by atoms with E-state index in [9.17, 15) is 0 Å². The lowest BCUT2D eigenvalue weighted by molar-refractivity contribution is -0.599. The van der Waals surface area contributed by atoms with Crippen molar-refractivity contribution in [3.05, 3.63) is 248 Å². The molecule has 0 saturated heterocycles. The third-order valence-corrected chi connectivity index (χ3v) is 13.6. The maximum absolute atomic E-state index is 5.49. The van der Waals surface area contributed by atoms with Crippen LogP contribution in [-0.2, 0) is 0 Å². The predicted octanol–water partition coefficient (Wildman–Crippen LogP) is 15.3. The Kier molecular flexibility index (Phi) is 8.68. The van der Waals surface area contributed by atoms with Gasteiger partial charge in [0.1, 0.15) is 11.4 Å². The highest BCUT2D eigenvalue weighted by Crippen LogP contribution is 2.44. The summed E-state index contributed by atoms with van der Waals surface area (Å²) in [5.41, 5.74) is 16.3. The molecule has 11 aromatic carbocycles. The second-order valence-electron chi connectivity index (χ2n) is 17.2. The van der Waals surface area contributed by atoms with Crippen LogP contribution in [0.25, 0.3) is 93.2 Å². The lowest BCUT2D eigenvalue weighted by Gasteiger charge is -2.25. The van der Waals surface area contributed by atoms with E-state index in [1.165, 1.54) is 93.1 Å². The van der Waals surface area contributed by atoms with E-state index < -0.39 is 0 Å². The first-order valence-electron chi connectivity index (χ1n) is 22.5. The number of nitrogens with two attached hydrogens (primary N) is 1. The summed E-state index contributed by atoms with van der Waals surface area (Å²) in [5.74, 6) is 0. The molecule has 12 aromatic rings. The molecule has 65 heavy (non-hydrogen) atoms. The molecule has 304 valence electrons. The molecule has 1 unspecified atom stereocenters. The topological polar surface area (TPSA) is 33.9 Å². The van der Waals surface area contributed by atoms with Crippen LogP contribution in [0, 0.1) is 0 Å². The first kappa shape index (κ1) is 37.2. The summed E-state index contributed by atoms with van der Waals surface area (Å²) in [4.78, 5) is 5.49. The molecule has 0 aliphatic carbocycles. The Morgan fingerprint density at radius 2 is 0.877 bits per heavy atom. The van der Waals surface area contributed by atoms with Crippen LogP contribution in [0.1, 0.15) is 17.2 Å². The molecule has 13 rings (SSSR count). The Morgan fingerprint density at radius 3 is 1.65 bits per heavy atom. The van der Waals surface area contributed by atoms with Crippen LogP contribution in [0.5, 0.6) is 0 Å². The lowest BCUT2D eigenvalue weighted by atomic mass is 9.89. The summed E-state index contributed by atoms with van der Waals surface area (Å²) in [5, 5.41) is 12.4. The van der Waals surface area contributed by atoms with E-state index in [-0.39, 0.29) is 6.04 Å². The quantitative estimate of drug-likeness (QED) is 0.162. The molecule has 3 nitrogen and oxygen atoms in total. The molecule has 0 amide bonds. The third-order valence-electron chi connectivity index (χ3n) is 13.6. The average Bonchev–Trinajstić information content (AvgIpc) is 3.73. The van der Waals surface area contributed by atoms with Crippen molar-refractivity contribution in [2.75, 3.05) is 0 Å². The maximum Gasteiger partial charge on any atom is 0.160 e. The molecule has 0 saturated carbocycles. The fraction of sp³-hybridized carbons (Fsp3) is 0.0161. The van der Waals surface area contributed by atoms with Crippen LogP contribution in [0.15, 0.2) is 242 Å². The average molecular weight is 829 g/mol. The fourth-order valence-electron chi connectivity index (χ4n) is 10.5. The van der Waals surface area contributed by atoms with Gasteiger partial charge >= 0.3 is 0 Å². The number of aromatic nitrogens is 1. The normalized spacial score (nSPS) is 13.7. The van der Waals surface area contributed by atoms with Gasteiger partial charge in [-0.1, -0.05) is 188 Å². The summed E-state index contributed by atoms with van der Waals surface area (Å²) in [7, 11) is 0. The smallest absolute Gasteiger partial charge is 0.160 e. The molecule has 2 N–H and O–H groups in total. The van der Waals surface area contributed by atoms with Gasteiger partial charge in [0.15, 0.2) is 11.7 Å². The van der Waals surface area contributed by atoms with E-state index >= 15 is 0 Å². The van der Waals surface area contributed by atoms with Crippen molar-refractivity contribution in [3.8, 4) is 39.1 Å². The van der Waals surface area contributed by atoms with Crippen molar-refractivity contribution in [2.24, 2.45) is 4.99 Å². The van der Waals surface area contributed by atoms with E-state index in [0.717, 1.165) is 28.3 Å². The number of aliphatic imine (C=N–C) groups is 1. The first-order valence-corrected chi connectivity index (χ1v) is 22.5. The SMILES string of the molecule is c1ccc(-c2ccc(-c3cccc(C4=Nc5ccccc5[NH2+]C4c4ccc(-n5c6ccc7ccccc7c6c6c7cc(-c8ccccc8)ccc7ccc65)c5ccccc45)c3)cc2)cc1. The highest BCUT2D eigenvalue weighted by molar-refractivity contribution is 6.29.